The lowest BCUT2D eigenvalue weighted by molar-refractivity contribution is 0.191. The van der Waals surface area contributed by atoms with Crippen LogP contribution >= 0.6 is 15.9 Å². The summed E-state index contributed by atoms with van der Waals surface area (Å²) in [6.45, 7) is 5.65. The minimum atomic E-state index is 0.302. The van der Waals surface area contributed by atoms with Gasteiger partial charge in [0.1, 0.15) is 5.82 Å². The first kappa shape index (κ1) is 14.2. The van der Waals surface area contributed by atoms with Crippen molar-refractivity contribution in [3.63, 3.8) is 0 Å². The Morgan fingerprint density at radius 1 is 1.53 bits per heavy atom. The monoisotopic (exact) mass is 302 g/mol. The maximum atomic E-state index is 5.05. The molecule has 96 valence electrons. The van der Waals surface area contributed by atoms with E-state index < -0.39 is 0 Å². The van der Waals surface area contributed by atoms with E-state index in [0.717, 1.165) is 29.9 Å². The Labute approximate surface area is 111 Å². The van der Waals surface area contributed by atoms with Crippen molar-refractivity contribution in [1.29, 1.82) is 0 Å². The van der Waals surface area contributed by atoms with Crippen LogP contribution < -0.4 is 10.6 Å². The van der Waals surface area contributed by atoms with E-state index in [1.54, 1.807) is 13.3 Å². The van der Waals surface area contributed by atoms with E-state index in [0.29, 0.717) is 12.0 Å². The van der Waals surface area contributed by atoms with Crippen molar-refractivity contribution < 1.29 is 4.74 Å². The summed E-state index contributed by atoms with van der Waals surface area (Å²) in [6.07, 6.45) is 2.68. The zero-order chi connectivity index (χ0) is 12.7. The van der Waals surface area contributed by atoms with Gasteiger partial charge < -0.3 is 15.4 Å². The summed E-state index contributed by atoms with van der Waals surface area (Å²) in [6, 6.07) is 0.302. The molecule has 0 aliphatic heterocycles. The predicted molar refractivity (Wildman–Crippen MR) is 73.5 cm³/mol. The number of halogens is 1. The summed E-state index contributed by atoms with van der Waals surface area (Å²) in [5, 5.41) is 6.41. The van der Waals surface area contributed by atoms with Gasteiger partial charge in [0.15, 0.2) is 0 Å². The fourth-order valence-corrected chi connectivity index (χ4v) is 1.62. The Bertz CT molecular complexity index is 348. The number of nitrogens with zero attached hydrogens (tertiary/aromatic N) is 2. The Hall–Kier alpha value is -0.880. The lowest BCUT2D eigenvalue weighted by atomic mass is 10.2. The number of aromatic nitrogens is 2. The van der Waals surface area contributed by atoms with E-state index in [-0.39, 0.29) is 0 Å². The second-order valence-corrected chi connectivity index (χ2v) is 4.60. The van der Waals surface area contributed by atoms with Gasteiger partial charge in [0.05, 0.1) is 4.47 Å². The molecule has 0 saturated carbocycles. The molecule has 1 aromatic rings. The predicted octanol–water partition coefficient (Wildman–Crippen LogP) is 2.51. The molecule has 1 rings (SSSR count). The lowest BCUT2D eigenvalue weighted by Gasteiger charge is -2.15. The molecule has 0 fully saturated rings. The number of hydrogen-bond acceptors (Lipinski definition) is 5. The van der Waals surface area contributed by atoms with E-state index in [9.17, 15) is 0 Å². The molecular weight excluding hydrogens is 284 g/mol. The van der Waals surface area contributed by atoms with Crippen LogP contribution in [-0.2, 0) is 4.74 Å². The minimum absolute atomic E-state index is 0.302. The molecule has 0 bridgehead atoms. The zero-order valence-electron chi connectivity index (χ0n) is 10.5. The summed E-state index contributed by atoms with van der Waals surface area (Å²) in [4.78, 5) is 8.55. The minimum Gasteiger partial charge on any atom is -0.385 e. The average Bonchev–Trinajstić information content (AvgIpc) is 2.31. The average molecular weight is 303 g/mol. The van der Waals surface area contributed by atoms with Gasteiger partial charge in [0.2, 0.25) is 5.95 Å². The quantitative estimate of drug-likeness (QED) is 0.810. The van der Waals surface area contributed by atoms with Crippen LogP contribution in [0.3, 0.4) is 0 Å². The van der Waals surface area contributed by atoms with Gasteiger partial charge >= 0.3 is 0 Å². The normalized spacial score (nSPS) is 12.2. The Morgan fingerprint density at radius 3 is 2.94 bits per heavy atom. The summed E-state index contributed by atoms with van der Waals surface area (Å²) in [5.41, 5.74) is 0. The van der Waals surface area contributed by atoms with Crippen molar-refractivity contribution >= 4 is 27.7 Å². The number of ether oxygens (including phenoxy) is 1. The lowest BCUT2D eigenvalue weighted by Crippen LogP contribution is -2.19. The van der Waals surface area contributed by atoms with Crippen molar-refractivity contribution in [2.45, 2.75) is 26.3 Å². The van der Waals surface area contributed by atoms with Crippen LogP contribution in [0.15, 0.2) is 10.7 Å². The first-order valence-electron chi connectivity index (χ1n) is 5.69. The number of nitrogens with one attached hydrogen (secondary N) is 2. The molecule has 5 nitrogen and oxygen atoms in total. The van der Waals surface area contributed by atoms with E-state index in [1.807, 2.05) is 6.92 Å². The number of rotatable bonds is 7. The SMILES string of the molecule is CCNc1ncc(Br)c(NC(C)CCOC)n1. The third kappa shape index (κ3) is 4.87. The zero-order valence-corrected chi connectivity index (χ0v) is 12.0. The van der Waals surface area contributed by atoms with E-state index >= 15 is 0 Å². The van der Waals surface area contributed by atoms with Crippen LogP contribution in [0.2, 0.25) is 0 Å². The third-order valence-corrected chi connectivity index (χ3v) is 2.80. The van der Waals surface area contributed by atoms with Gasteiger partial charge in [-0.1, -0.05) is 0 Å². The van der Waals surface area contributed by atoms with Crippen LogP contribution in [0, 0.1) is 0 Å². The fraction of sp³-hybridized carbons (Fsp3) is 0.636. The molecule has 2 N–H and O–H groups in total. The largest absolute Gasteiger partial charge is 0.385 e. The van der Waals surface area contributed by atoms with Gasteiger partial charge in [-0.15, -0.1) is 0 Å². The second kappa shape index (κ2) is 7.45. The molecule has 0 aromatic carbocycles. The van der Waals surface area contributed by atoms with Crippen LogP contribution in [-0.4, -0.2) is 36.3 Å². The Balaban J connectivity index is 2.64. The number of hydrogen-bond donors (Lipinski definition) is 2. The highest BCUT2D eigenvalue weighted by atomic mass is 79.9. The molecule has 0 saturated heterocycles. The second-order valence-electron chi connectivity index (χ2n) is 3.75. The molecule has 6 heteroatoms. The molecule has 1 heterocycles. The van der Waals surface area contributed by atoms with E-state index in [2.05, 4.69) is 43.5 Å². The van der Waals surface area contributed by atoms with Crippen molar-refractivity contribution in [3.05, 3.63) is 10.7 Å². The van der Waals surface area contributed by atoms with Gasteiger partial charge in [-0.05, 0) is 36.2 Å². The first-order chi connectivity index (χ1) is 8.17. The topological polar surface area (TPSA) is 59.1 Å². The molecule has 0 aliphatic carbocycles. The molecule has 17 heavy (non-hydrogen) atoms. The van der Waals surface area contributed by atoms with Crippen LogP contribution in [0.1, 0.15) is 20.3 Å². The van der Waals surface area contributed by atoms with Gasteiger partial charge in [-0.25, -0.2) is 4.98 Å². The van der Waals surface area contributed by atoms with Crippen molar-refractivity contribution in [3.8, 4) is 0 Å². The van der Waals surface area contributed by atoms with Crippen LogP contribution in [0.25, 0.3) is 0 Å². The summed E-state index contributed by atoms with van der Waals surface area (Å²) in [5.74, 6) is 1.44. The molecule has 0 amide bonds. The van der Waals surface area contributed by atoms with Crippen LogP contribution in [0.5, 0.6) is 0 Å². The number of methoxy groups -OCH3 is 1. The maximum Gasteiger partial charge on any atom is 0.224 e. The molecule has 0 radical (unpaired) electrons. The van der Waals surface area contributed by atoms with Crippen molar-refractivity contribution in [2.75, 3.05) is 30.9 Å². The van der Waals surface area contributed by atoms with Gasteiger partial charge in [-0.2, -0.15) is 4.98 Å². The van der Waals surface area contributed by atoms with E-state index in [4.69, 9.17) is 4.74 Å². The van der Waals surface area contributed by atoms with Crippen molar-refractivity contribution in [1.82, 2.24) is 9.97 Å². The Morgan fingerprint density at radius 2 is 2.29 bits per heavy atom. The molecule has 1 aromatic heterocycles. The smallest absolute Gasteiger partial charge is 0.224 e. The van der Waals surface area contributed by atoms with Crippen LogP contribution in [0.4, 0.5) is 11.8 Å². The highest BCUT2D eigenvalue weighted by molar-refractivity contribution is 9.10. The summed E-state index contributed by atoms with van der Waals surface area (Å²) < 4.78 is 5.91. The fourth-order valence-electron chi connectivity index (χ4n) is 1.31. The van der Waals surface area contributed by atoms with Gasteiger partial charge in [0.25, 0.3) is 0 Å². The highest BCUT2D eigenvalue weighted by Crippen LogP contribution is 2.21. The van der Waals surface area contributed by atoms with E-state index in [1.165, 1.54) is 0 Å². The molecule has 1 unspecified atom stereocenters. The first-order valence-corrected chi connectivity index (χ1v) is 6.48. The maximum absolute atomic E-state index is 5.05. The Kier molecular flexibility index (Phi) is 6.21. The standard InChI is InChI=1S/C11H19BrN4O/c1-4-13-11-14-7-9(12)10(16-11)15-8(2)5-6-17-3/h7-8H,4-6H2,1-3H3,(H2,13,14,15,16). The molecule has 1 atom stereocenters. The van der Waals surface area contributed by atoms with Gasteiger partial charge in [0, 0.05) is 32.5 Å². The molecular formula is C11H19BrN4O. The summed E-state index contributed by atoms with van der Waals surface area (Å²) in [7, 11) is 1.70. The number of anilines is 2. The highest BCUT2D eigenvalue weighted by Gasteiger charge is 2.08. The van der Waals surface area contributed by atoms with Crippen molar-refractivity contribution in [2.24, 2.45) is 0 Å². The molecule has 0 spiro atoms. The summed E-state index contributed by atoms with van der Waals surface area (Å²) >= 11 is 3.43. The molecule has 0 aliphatic rings. The third-order valence-electron chi connectivity index (χ3n) is 2.22. The van der Waals surface area contributed by atoms with Gasteiger partial charge in [-0.3, -0.25) is 0 Å².